The molecule has 8 nitrogen and oxygen atoms in total. The Balaban J connectivity index is 2.10. The molecular weight excluding hydrogens is 403 g/mol. The van der Waals surface area contributed by atoms with Gasteiger partial charge in [-0.1, -0.05) is 33.8 Å². The Kier molecular flexibility index (Phi) is 6.53. The summed E-state index contributed by atoms with van der Waals surface area (Å²) in [5, 5.41) is 9.83. The number of aromatic nitrogens is 4. The summed E-state index contributed by atoms with van der Waals surface area (Å²) in [4.78, 5) is 25.1. The van der Waals surface area contributed by atoms with Crippen LogP contribution in [0.5, 0.6) is 17.4 Å². The maximum absolute atomic E-state index is 14.3. The van der Waals surface area contributed by atoms with Crippen molar-refractivity contribution in [3.63, 3.8) is 0 Å². The number of carboxylic acid groups (broad SMARTS) is 1. The van der Waals surface area contributed by atoms with Crippen LogP contribution in [0.1, 0.15) is 49.8 Å². The van der Waals surface area contributed by atoms with Crippen molar-refractivity contribution in [1.82, 2.24) is 19.5 Å². The molecule has 0 saturated carbocycles. The molecule has 2 heterocycles. The van der Waals surface area contributed by atoms with Gasteiger partial charge in [-0.3, -0.25) is 4.98 Å². The van der Waals surface area contributed by atoms with E-state index >= 15 is 0 Å². The number of rotatable bonds is 8. The van der Waals surface area contributed by atoms with Crippen LogP contribution in [0.3, 0.4) is 0 Å². The van der Waals surface area contributed by atoms with E-state index in [-0.39, 0.29) is 34.9 Å². The molecule has 0 unspecified atom stereocenters. The molecule has 1 N–H and O–H groups in total. The van der Waals surface area contributed by atoms with Crippen LogP contribution in [0.2, 0.25) is 0 Å². The van der Waals surface area contributed by atoms with Gasteiger partial charge in [0.2, 0.25) is 11.6 Å². The minimum absolute atomic E-state index is 0.0305. The lowest BCUT2D eigenvalue weighted by atomic mass is 10.1. The van der Waals surface area contributed by atoms with E-state index in [1.807, 2.05) is 27.7 Å². The topological polar surface area (TPSA) is 99.4 Å². The number of hydrogen-bond acceptors (Lipinski definition) is 6. The van der Waals surface area contributed by atoms with Crippen molar-refractivity contribution in [2.75, 3.05) is 7.11 Å². The van der Waals surface area contributed by atoms with Gasteiger partial charge in [-0.25, -0.2) is 19.2 Å². The predicted octanol–water partition coefficient (Wildman–Crippen LogP) is 4.76. The van der Waals surface area contributed by atoms with E-state index in [2.05, 4.69) is 15.0 Å². The molecule has 0 saturated heterocycles. The minimum atomic E-state index is -1.06. The normalized spacial score (nSPS) is 11.2. The number of carbonyl (C=O) groups is 1. The van der Waals surface area contributed by atoms with Crippen LogP contribution in [0, 0.1) is 11.7 Å². The molecule has 0 bridgehead atoms. The Morgan fingerprint density at radius 2 is 1.94 bits per heavy atom. The molecule has 3 aromatic rings. The number of imidazole rings is 1. The molecule has 0 atom stereocenters. The molecule has 0 aliphatic rings. The summed E-state index contributed by atoms with van der Waals surface area (Å²) < 4.78 is 26.7. The van der Waals surface area contributed by atoms with E-state index in [1.54, 1.807) is 10.6 Å². The van der Waals surface area contributed by atoms with Crippen LogP contribution in [0.4, 0.5) is 4.39 Å². The number of aromatic carboxylic acids is 1. The van der Waals surface area contributed by atoms with Gasteiger partial charge >= 0.3 is 5.97 Å². The fourth-order valence-corrected chi connectivity index (χ4v) is 3.20. The quantitative estimate of drug-likeness (QED) is 0.552. The van der Waals surface area contributed by atoms with Crippen molar-refractivity contribution in [2.45, 2.75) is 40.2 Å². The molecule has 164 valence electrons. The molecule has 0 fully saturated rings. The van der Waals surface area contributed by atoms with Gasteiger partial charge in [0.25, 0.3) is 0 Å². The summed E-state index contributed by atoms with van der Waals surface area (Å²) in [7, 11) is 1.41. The molecule has 1 aromatic carbocycles. The van der Waals surface area contributed by atoms with Crippen molar-refractivity contribution in [1.29, 1.82) is 0 Å². The summed E-state index contributed by atoms with van der Waals surface area (Å²) in [5.74, 6) is -1.10. The van der Waals surface area contributed by atoms with Crippen molar-refractivity contribution >= 4 is 5.97 Å². The van der Waals surface area contributed by atoms with Crippen molar-refractivity contribution in [2.24, 2.45) is 5.92 Å². The molecule has 0 amide bonds. The van der Waals surface area contributed by atoms with E-state index in [0.29, 0.717) is 23.8 Å². The molecule has 31 heavy (non-hydrogen) atoms. The van der Waals surface area contributed by atoms with E-state index in [1.165, 1.54) is 31.6 Å². The van der Waals surface area contributed by atoms with Crippen LogP contribution >= 0.6 is 0 Å². The summed E-state index contributed by atoms with van der Waals surface area (Å²) in [6.45, 7) is 8.17. The Labute approximate surface area is 179 Å². The van der Waals surface area contributed by atoms with Gasteiger partial charge in [0.05, 0.1) is 25.2 Å². The van der Waals surface area contributed by atoms with Gasteiger partial charge in [0, 0.05) is 6.54 Å². The van der Waals surface area contributed by atoms with Crippen LogP contribution in [0.25, 0.3) is 11.5 Å². The fourth-order valence-electron chi connectivity index (χ4n) is 3.20. The van der Waals surface area contributed by atoms with Gasteiger partial charge in [0.15, 0.2) is 23.1 Å². The number of nitrogens with zero attached hydrogens (tertiary/aromatic N) is 4. The average Bonchev–Trinajstić information content (AvgIpc) is 3.09. The molecule has 0 aliphatic carbocycles. The van der Waals surface area contributed by atoms with Gasteiger partial charge in [-0.05, 0) is 24.0 Å². The second-order valence-corrected chi connectivity index (χ2v) is 7.75. The van der Waals surface area contributed by atoms with E-state index < -0.39 is 11.8 Å². The summed E-state index contributed by atoms with van der Waals surface area (Å²) in [5.41, 5.74) is 0.914. The zero-order chi connectivity index (χ0) is 22.7. The number of ether oxygens (including phenoxy) is 2. The lowest BCUT2D eigenvalue weighted by Gasteiger charge is -2.13. The van der Waals surface area contributed by atoms with Crippen LogP contribution in [-0.2, 0) is 6.54 Å². The maximum atomic E-state index is 14.3. The highest BCUT2D eigenvalue weighted by Gasteiger charge is 2.26. The van der Waals surface area contributed by atoms with Gasteiger partial charge in [-0.15, -0.1) is 0 Å². The monoisotopic (exact) mass is 428 g/mol. The zero-order valence-corrected chi connectivity index (χ0v) is 18.1. The van der Waals surface area contributed by atoms with Crippen molar-refractivity contribution in [3.05, 3.63) is 47.8 Å². The first-order chi connectivity index (χ1) is 14.7. The fraction of sp³-hybridized carbons (Fsp3) is 0.364. The largest absolute Gasteiger partial charge is 0.493 e. The first-order valence-corrected chi connectivity index (χ1v) is 9.89. The highest BCUT2D eigenvalue weighted by Crippen LogP contribution is 2.34. The SMILES string of the molecule is COc1cccc(F)c1Oc1cncc(-c2nc(C(C)C)c(C(=O)O)n2CC(C)C)n1. The van der Waals surface area contributed by atoms with Crippen molar-refractivity contribution in [3.8, 4) is 28.9 Å². The Hall–Kier alpha value is -3.49. The minimum Gasteiger partial charge on any atom is -0.493 e. The summed E-state index contributed by atoms with van der Waals surface area (Å²) >= 11 is 0. The standard InChI is InChI=1S/C22H25FN4O4/c1-12(2)11-27-19(22(28)29)18(13(3)4)26-21(27)15-9-24-10-17(25-15)31-20-14(23)7-6-8-16(20)30-5/h6-10,12-13H,11H2,1-5H3,(H,28,29). The molecule has 0 spiro atoms. The van der Waals surface area contributed by atoms with E-state index in [9.17, 15) is 14.3 Å². The number of hydrogen-bond donors (Lipinski definition) is 1. The highest BCUT2D eigenvalue weighted by molar-refractivity contribution is 5.88. The lowest BCUT2D eigenvalue weighted by Crippen LogP contribution is -2.15. The van der Waals surface area contributed by atoms with Crippen LogP contribution in [0.15, 0.2) is 30.6 Å². The van der Waals surface area contributed by atoms with Gasteiger partial charge < -0.3 is 19.1 Å². The van der Waals surface area contributed by atoms with Gasteiger partial charge in [-0.2, -0.15) is 0 Å². The first-order valence-electron chi connectivity index (χ1n) is 9.89. The number of carboxylic acids is 1. The first kappa shape index (κ1) is 22.2. The Morgan fingerprint density at radius 1 is 1.19 bits per heavy atom. The Bertz CT molecular complexity index is 1100. The molecule has 2 aromatic heterocycles. The number of benzene rings is 1. The number of para-hydroxylation sites is 1. The molecule has 0 radical (unpaired) electrons. The maximum Gasteiger partial charge on any atom is 0.354 e. The molecule has 3 rings (SSSR count). The van der Waals surface area contributed by atoms with E-state index in [4.69, 9.17) is 9.47 Å². The third-order valence-electron chi connectivity index (χ3n) is 4.49. The number of halogens is 1. The smallest absolute Gasteiger partial charge is 0.354 e. The zero-order valence-electron chi connectivity index (χ0n) is 18.1. The van der Waals surface area contributed by atoms with Gasteiger partial charge in [0.1, 0.15) is 5.69 Å². The third-order valence-corrected chi connectivity index (χ3v) is 4.49. The third kappa shape index (κ3) is 4.65. The molecule has 0 aliphatic heterocycles. The lowest BCUT2D eigenvalue weighted by molar-refractivity contribution is 0.0682. The second-order valence-electron chi connectivity index (χ2n) is 7.75. The average molecular weight is 428 g/mol. The highest BCUT2D eigenvalue weighted by atomic mass is 19.1. The number of methoxy groups -OCH3 is 1. The molecule has 9 heteroatoms. The van der Waals surface area contributed by atoms with Crippen LogP contribution in [-0.4, -0.2) is 37.7 Å². The Morgan fingerprint density at radius 3 is 2.55 bits per heavy atom. The molecular formula is C22H25FN4O4. The van der Waals surface area contributed by atoms with Crippen LogP contribution < -0.4 is 9.47 Å². The predicted molar refractivity (Wildman–Crippen MR) is 112 cm³/mol. The van der Waals surface area contributed by atoms with E-state index in [0.717, 1.165) is 0 Å². The summed E-state index contributed by atoms with van der Waals surface area (Å²) in [6.07, 6.45) is 2.81. The second kappa shape index (κ2) is 9.11. The summed E-state index contributed by atoms with van der Waals surface area (Å²) in [6, 6.07) is 4.32. The van der Waals surface area contributed by atoms with Crippen molar-refractivity contribution < 1.29 is 23.8 Å².